The minimum atomic E-state index is -4.42. The first-order valence-electron chi connectivity index (χ1n) is 14.8. The van der Waals surface area contributed by atoms with Crippen LogP contribution in [0, 0.1) is 12.3 Å². The van der Waals surface area contributed by atoms with Crippen molar-refractivity contribution < 1.29 is 22.7 Å². The van der Waals surface area contributed by atoms with Crippen molar-refractivity contribution in [1.29, 1.82) is 0 Å². The summed E-state index contributed by atoms with van der Waals surface area (Å²) < 4.78 is 44.9. The topological polar surface area (TPSA) is 65.0 Å². The van der Waals surface area contributed by atoms with E-state index >= 15 is 0 Å². The molecule has 0 aliphatic carbocycles. The van der Waals surface area contributed by atoms with Gasteiger partial charge in [0.15, 0.2) is 5.82 Å². The van der Waals surface area contributed by atoms with Crippen LogP contribution in [-0.2, 0) is 15.7 Å². The number of nitrogens with zero attached hydrogens (tertiary/aromatic N) is 6. The number of fused-ring (bicyclic) bond motifs is 2. The average Bonchev–Trinajstić information content (AvgIpc) is 3.21. The summed E-state index contributed by atoms with van der Waals surface area (Å²) in [5.74, 6) is 0.420. The van der Waals surface area contributed by atoms with Crippen molar-refractivity contribution in [2.24, 2.45) is 5.41 Å². The van der Waals surface area contributed by atoms with Crippen molar-refractivity contribution in [2.45, 2.75) is 38.9 Å². The molecule has 2 aromatic carbocycles. The van der Waals surface area contributed by atoms with Gasteiger partial charge in [0.25, 0.3) is 5.91 Å². The molecule has 226 valence electrons. The fourth-order valence-electron chi connectivity index (χ4n) is 7.21. The van der Waals surface area contributed by atoms with Crippen LogP contribution in [0.4, 0.5) is 18.9 Å². The molecule has 1 unspecified atom stereocenters. The Bertz CT molecular complexity index is 1640. The Hall–Kier alpha value is -3.54. The molecule has 7 rings (SSSR count). The van der Waals surface area contributed by atoms with Crippen molar-refractivity contribution in [3.05, 3.63) is 65.0 Å². The minimum absolute atomic E-state index is 0.00104. The minimum Gasteiger partial charge on any atom is -0.380 e. The number of carbonyl (C=O) groups excluding carboxylic acids is 1. The Morgan fingerprint density at radius 2 is 1.88 bits per heavy atom. The number of carbonyl (C=O) groups is 1. The van der Waals surface area contributed by atoms with Gasteiger partial charge in [0, 0.05) is 54.9 Å². The number of hydrazine groups is 1. The van der Waals surface area contributed by atoms with Gasteiger partial charge in [0.1, 0.15) is 5.70 Å². The van der Waals surface area contributed by atoms with Crippen LogP contribution < -0.4 is 4.90 Å². The van der Waals surface area contributed by atoms with E-state index in [1.165, 1.54) is 25.1 Å². The Morgan fingerprint density at radius 1 is 1.07 bits per heavy atom. The number of aromatic nitrogens is 2. The molecule has 5 heterocycles. The van der Waals surface area contributed by atoms with E-state index in [9.17, 15) is 18.0 Å². The van der Waals surface area contributed by atoms with Crippen molar-refractivity contribution in [3.8, 4) is 11.4 Å². The van der Waals surface area contributed by atoms with E-state index in [2.05, 4.69) is 38.9 Å². The highest BCUT2D eigenvalue weighted by Crippen LogP contribution is 2.39. The van der Waals surface area contributed by atoms with Crippen LogP contribution in [0.5, 0.6) is 0 Å². The normalized spacial score (nSPS) is 22.9. The standard InChI is InChI=1S/C32H35F3N6O2/c1-20-13-22(29-36-15-23-14-24(32(33,34)35)6-7-25(23)37-29)5-8-26(20)40-11-12-41-28(30(40)42)21(2)27(38(41)3)16-39-10-4-9-31(17-39)18-43-19-31/h5-8,13-15,27H,4,9-12,16-19H2,1-3H3. The van der Waals surface area contributed by atoms with Gasteiger partial charge in [-0.1, -0.05) is 0 Å². The number of anilines is 1. The third-order valence-electron chi connectivity index (χ3n) is 9.59. The summed E-state index contributed by atoms with van der Waals surface area (Å²) >= 11 is 0. The number of aryl methyl sites for hydroxylation is 1. The third kappa shape index (κ3) is 4.87. The van der Waals surface area contributed by atoms with Gasteiger partial charge < -0.3 is 14.5 Å². The van der Waals surface area contributed by atoms with E-state index in [-0.39, 0.29) is 11.9 Å². The van der Waals surface area contributed by atoms with E-state index in [4.69, 9.17) is 4.74 Å². The molecule has 11 heteroatoms. The van der Waals surface area contributed by atoms with Gasteiger partial charge in [-0.2, -0.15) is 13.2 Å². The molecular weight excluding hydrogens is 557 g/mol. The number of hydrogen-bond acceptors (Lipinski definition) is 7. The highest BCUT2D eigenvalue weighted by Gasteiger charge is 2.46. The molecule has 0 N–H and O–H groups in total. The monoisotopic (exact) mass is 592 g/mol. The van der Waals surface area contributed by atoms with Gasteiger partial charge in [-0.25, -0.2) is 15.0 Å². The molecule has 3 saturated heterocycles. The molecule has 0 bridgehead atoms. The Morgan fingerprint density at radius 3 is 2.60 bits per heavy atom. The predicted molar refractivity (Wildman–Crippen MR) is 157 cm³/mol. The van der Waals surface area contributed by atoms with Crippen LogP contribution in [0.15, 0.2) is 53.9 Å². The highest BCUT2D eigenvalue weighted by atomic mass is 19.4. The largest absolute Gasteiger partial charge is 0.416 e. The second-order valence-electron chi connectivity index (χ2n) is 12.5. The Labute approximate surface area is 248 Å². The van der Waals surface area contributed by atoms with Crippen LogP contribution >= 0.6 is 0 Å². The first-order chi connectivity index (χ1) is 20.5. The highest BCUT2D eigenvalue weighted by molar-refractivity contribution is 6.07. The number of piperidine rings is 1. The number of benzene rings is 2. The molecule has 0 saturated carbocycles. The number of likely N-dealkylation sites (N-methyl/N-ethyl adjacent to an activating group) is 1. The Kier molecular flexibility index (Phi) is 6.75. The summed E-state index contributed by atoms with van der Waals surface area (Å²) in [5, 5.41) is 4.71. The maximum Gasteiger partial charge on any atom is 0.416 e. The average molecular weight is 593 g/mol. The van der Waals surface area contributed by atoms with Crippen LogP contribution in [0.25, 0.3) is 22.3 Å². The molecule has 1 amide bonds. The van der Waals surface area contributed by atoms with Crippen LogP contribution in [0.3, 0.4) is 0 Å². The van der Waals surface area contributed by atoms with E-state index < -0.39 is 11.7 Å². The third-order valence-corrected chi connectivity index (χ3v) is 9.59. The number of hydrogen-bond donors (Lipinski definition) is 0. The van der Waals surface area contributed by atoms with E-state index in [1.54, 1.807) is 0 Å². The van der Waals surface area contributed by atoms with Gasteiger partial charge in [-0.15, -0.1) is 0 Å². The lowest BCUT2D eigenvalue weighted by Gasteiger charge is -2.49. The first-order valence-corrected chi connectivity index (χ1v) is 14.8. The molecule has 0 radical (unpaired) electrons. The second-order valence-corrected chi connectivity index (χ2v) is 12.5. The zero-order chi connectivity index (χ0) is 30.1. The summed E-state index contributed by atoms with van der Waals surface area (Å²) in [4.78, 5) is 27.2. The molecule has 3 aromatic rings. The molecule has 3 fully saturated rings. The molecule has 4 aliphatic rings. The lowest BCUT2D eigenvalue weighted by molar-refractivity contribution is -0.146. The quantitative estimate of drug-likeness (QED) is 0.428. The molecular formula is C32H35F3N6O2. The van der Waals surface area contributed by atoms with Gasteiger partial charge >= 0.3 is 6.18 Å². The van der Waals surface area contributed by atoms with Crippen molar-refractivity contribution in [2.75, 3.05) is 57.9 Å². The predicted octanol–water partition coefficient (Wildman–Crippen LogP) is 4.89. The van der Waals surface area contributed by atoms with Crippen LogP contribution in [0.2, 0.25) is 0 Å². The lowest BCUT2D eigenvalue weighted by Crippen LogP contribution is -2.57. The molecule has 4 aliphatic heterocycles. The second kappa shape index (κ2) is 10.3. The molecule has 43 heavy (non-hydrogen) atoms. The summed E-state index contributed by atoms with van der Waals surface area (Å²) in [5.41, 5.74) is 4.36. The number of halogens is 3. The number of rotatable bonds is 4. The summed E-state index contributed by atoms with van der Waals surface area (Å²) in [6, 6.07) is 9.33. The number of alkyl halides is 3. The van der Waals surface area contributed by atoms with E-state index in [0.717, 1.165) is 73.1 Å². The zero-order valence-corrected chi connectivity index (χ0v) is 24.6. The van der Waals surface area contributed by atoms with Crippen molar-refractivity contribution in [3.63, 3.8) is 0 Å². The fourth-order valence-corrected chi connectivity index (χ4v) is 7.21. The summed E-state index contributed by atoms with van der Waals surface area (Å²) in [6.07, 6.45) is -0.582. The fraction of sp³-hybridized carbons (Fsp3) is 0.469. The number of likely N-dealkylation sites (tertiary alicyclic amines) is 1. The maximum absolute atomic E-state index is 14.0. The van der Waals surface area contributed by atoms with Gasteiger partial charge in [-0.05, 0) is 80.8 Å². The van der Waals surface area contributed by atoms with Gasteiger partial charge in [-0.3, -0.25) is 9.80 Å². The zero-order valence-electron chi connectivity index (χ0n) is 24.6. The Balaban J connectivity index is 1.11. The first kappa shape index (κ1) is 28.2. The van der Waals surface area contributed by atoms with Gasteiger partial charge in [0.05, 0.1) is 36.9 Å². The lowest BCUT2D eigenvalue weighted by atomic mass is 9.78. The number of amides is 1. The molecule has 8 nitrogen and oxygen atoms in total. The molecule has 1 atom stereocenters. The van der Waals surface area contributed by atoms with Crippen LogP contribution in [0.1, 0.15) is 30.9 Å². The SMILES string of the molecule is CC1=C2C(=O)N(c3ccc(-c4ncc5cc(C(F)(F)F)ccc5n4)cc3C)CCN2N(C)C1CN1CCCC2(COC2)C1. The number of ether oxygens (including phenoxy) is 1. The van der Waals surface area contributed by atoms with E-state index in [1.807, 2.05) is 30.0 Å². The van der Waals surface area contributed by atoms with Crippen molar-refractivity contribution >= 4 is 22.5 Å². The van der Waals surface area contributed by atoms with Crippen LogP contribution in [-0.4, -0.2) is 89.8 Å². The maximum atomic E-state index is 14.0. The summed E-state index contributed by atoms with van der Waals surface area (Å²) in [7, 11) is 2.09. The van der Waals surface area contributed by atoms with E-state index in [0.29, 0.717) is 35.2 Å². The van der Waals surface area contributed by atoms with Gasteiger partial charge in [0.2, 0.25) is 0 Å². The summed E-state index contributed by atoms with van der Waals surface area (Å²) in [6.45, 7) is 10.1. The molecule has 1 aromatic heterocycles. The molecule has 1 spiro atoms. The number of piperazine rings is 1. The smallest absolute Gasteiger partial charge is 0.380 e. The van der Waals surface area contributed by atoms with Crippen molar-refractivity contribution in [1.82, 2.24) is 24.9 Å².